The molecule has 0 fully saturated rings. The van der Waals surface area contributed by atoms with Crippen LogP contribution in [0.2, 0.25) is 0 Å². The second-order valence-electron chi connectivity index (χ2n) is 4.67. The standard InChI is InChI=1S/C15H20O2/c1-11(2)10-14(17-15(16)12(3)4)13-8-6-5-7-9-13/h5-10,12,14H,1-4H3. The van der Waals surface area contributed by atoms with Crippen molar-refractivity contribution in [2.24, 2.45) is 5.92 Å². The van der Waals surface area contributed by atoms with E-state index in [2.05, 4.69) is 0 Å². The third-order valence-corrected chi connectivity index (χ3v) is 2.33. The van der Waals surface area contributed by atoms with Gasteiger partial charge in [0, 0.05) is 0 Å². The molecule has 92 valence electrons. The van der Waals surface area contributed by atoms with Crippen molar-refractivity contribution in [1.82, 2.24) is 0 Å². The van der Waals surface area contributed by atoms with Crippen LogP contribution in [0, 0.1) is 5.92 Å². The zero-order valence-electron chi connectivity index (χ0n) is 10.9. The molecule has 17 heavy (non-hydrogen) atoms. The number of carbonyl (C=O) groups excluding carboxylic acids is 1. The van der Waals surface area contributed by atoms with Gasteiger partial charge in [-0.3, -0.25) is 4.79 Å². The maximum atomic E-state index is 11.7. The van der Waals surface area contributed by atoms with E-state index >= 15 is 0 Å². The SMILES string of the molecule is CC(C)=CC(OC(=O)C(C)C)c1ccccc1. The van der Waals surface area contributed by atoms with Crippen molar-refractivity contribution in [3.05, 3.63) is 47.5 Å². The molecule has 1 rings (SSSR count). The summed E-state index contributed by atoms with van der Waals surface area (Å²) in [5, 5.41) is 0. The van der Waals surface area contributed by atoms with Gasteiger partial charge in [-0.05, 0) is 25.5 Å². The fourth-order valence-corrected chi connectivity index (χ4v) is 1.40. The summed E-state index contributed by atoms with van der Waals surface area (Å²) in [6, 6.07) is 9.79. The Morgan fingerprint density at radius 3 is 2.24 bits per heavy atom. The number of hydrogen-bond acceptors (Lipinski definition) is 2. The molecule has 0 aliphatic rings. The number of rotatable bonds is 4. The number of hydrogen-bond donors (Lipinski definition) is 0. The summed E-state index contributed by atoms with van der Waals surface area (Å²) in [6.07, 6.45) is 1.69. The molecule has 1 atom stereocenters. The van der Waals surface area contributed by atoms with Crippen molar-refractivity contribution < 1.29 is 9.53 Å². The van der Waals surface area contributed by atoms with Crippen LogP contribution in [0.5, 0.6) is 0 Å². The van der Waals surface area contributed by atoms with E-state index in [0.717, 1.165) is 11.1 Å². The summed E-state index contributed by atoms with van der Waals surface area (Å²) in [5.74, 6) is -0.275. The molecule has 1 aromatic rings. The Kier molecular flexibility index (Phi) is 4.95. The first-order valence-electron chi connectivity index (χ1n) is 5.91. The van der Waals surface area contributed by atoms with Crippen LogP contribution in [0.25, 0.3) is 0 Å². The second kappa shape index (κ2) is 6.24. The molecular formula is C15H20O2. The topological polar surface area (TPSA) is 26.3 Å². The molecule has 0 aliphatic carbocycles. The molecule has 0 N–H and O–H groups in total. The van der Waals surface area contributed by atoms with Crippen LogP contribution in [-0.4, -0.2) is 5.97 Å². The van der Waals surface area contributed by atoms with Gasteiger partial charge in [-0.1, -0.05) is 49.8 Å². The van der Waals surface area contributed by atoms with Gasteiger partial charge in [0.05, 0.1) is 5.92 Å². The fraction of sp³-hybridized carbons (Fsp3) is 0.400. The number of carbonyl (C=O) groups is 1. The van der Waals surface area contributed by atoms with E-state index < -0.39 is 0 Å². The lowest BCUT2D eigenvalue weighted by Gasteiger charge is -2.17. The molecule has 0 spiro atoms. The average molecular weight is 232 g/mol. The van der Waals surface area contributed by atoms with Crippen molar-refractivity contribution in [3.8, 4) is 0 Å². The molecule has 1 unspecified atom stereocenters. The first kappa shape index (κ1) is 13.5. The minimum absolute atomic E-state index is 0.105. The minimum atomic E-state index is -0.281. The maximum Gasteiger partial charge on any atom is 0.309 e. The quantitative estimate of drug-likeness (QED) is 0.581. The molecule has 0 saturated carbocycles. The number of esters is 1. The Balaban J connectivity index is 2.90. The summed E-state index contributed by atoms with van der Waals surface area (Å²) in [6.45, 7) is 7.68. The van der Waals surface area contributed by atoms with Gasteiger partial charge in [-0.15, -0.1) is 0 Å². The van der Waals surface area contributed by atoms with Gasteiger partial charge in [0.2, 0.25) is 0 Å². The van der Waals surface area contributed by atoms with E-state index in [1.807, 2.05) is 64.1 Å². The normalized spacial score (nSPS) is 12.1. The number of benzene rings is 1. The van der Waals surface area contributed by atoms with Crippen LogP contribution in [0.4, 0.5) is 0 Å². The minimum Gasteiger partial charge on any atom is -0.453 e. The van der Waals surface area contributed by atoms with Crippen LogP contribution in [0.15, 0.2) is 42.0 Å². The molecule has 0 heterocycles. The van der Waals surface area contributed by atoms with Crippen molar-refractivity contribution in [2.45, 2.75) is 33.8 Å². The summed E-state index contributed by atoms with van der Waals surface area (Å²) < 4.78 is 5.49. The zero-order valence-corrected chi connectivity index (χ0v) is 10.9. The van der Waals surface area contributed by atoms with Crippen LogP contribution in [-0.2, 0) is 9.53 Å². The first-order valence-corrected chi connectivity index (χ1v) is 5.91. The Morgan fingerprint density at radius 2 is 1.76 bits per heavy atom. The predicted molar refractivity (Wildman–Crippen MR) is 69.5 cm³/mol. The average Bonchev–Trinajstić information content (AvgIpc) is 2.28. The Hall–Kier alpha value is -1.57. The van der Waals surface area contributed by atoms with Crippen LogP contribution in [0.1, 0.15) is 39.4 Å². The molecule has 0 amide bonds. The van der Waals surface area contributed by atoms with Crippen LogP contribution >= 0.6 is 0 Å². The monoisotopic (exact) mass is 232 g/mol. The molecule has 0 radical (unpaired) electrons. The summed E-state index contributed by atoms with van der Waals surface area (Å²) >= 11 is 0. The van der Waals surface area contributed by atoms with E-state index in [1.54, 1.807) is 0 Å². The van der Waals surface area contributed by atoms with Gasteiger partial charge in [0.15, 0.2) is 0 Å². The van der Waals surface area contributed by atoms with Crippen molar-refractivity contribution in [2.75, 3.05) is 0 Å². The Labute approximate surface area is 103 Å². The zero-order chi connectivity index (χ0) is 12.8. The molecular weight excluding hydrogens is 212 g/mol. The maximum absolute atomic E-state index is 11.7. The van der Waals surface area contributed by atoms with Gasteiger partial charge in [-0.25, -0.2) is 0 Å². The molecule has 2 heteroatoms. The highest BCUT2D eigenvalue weighted by atomic mass is 16.5. The highest BCUT2D eigenvalue weighted by Gasteiger charge is 2.16. The number of allylic oxidation sites excluding steroid dienone is 1. The van der Waals surface area contributed by atoms with Gasteiger partial charge < -0.3 is 4.74 Å². The third-order valence-electron chi connectivity index (χ3n) is 2.33. The third kappa shape index (κ3) is 4.43. The fourth-order valence-electron chi connectivity index (χ4n) is 1.40. The highest BCUT2D eigenvalue weighted by molar-refractivity contribution is 5.72. The molecule has 0 bridgehead atoms. The van der Waals surface area contributed by atoms with Gasteiger partial charge >= 0.3 is 5.97 Å². The van der Waals surface area contributed by atoms with Crippen LogP contribution in [0.3, 0.4) is 0 Å². The highest BCUT2D eigenvalue weighted by Crippen LogP contribution is 2.21. The van der Waals surface area contributed by atoms with E-state index in [9.17, 15) is 4.79 Å². The van der Waals surface area contributed by atoms with Crippen LogP contribution < -0.4 is 0 Å². The molecule has 0 aromatic heterocycles. The summed E-state index contributed by atoms with van der Waals surface area (Å²) in [7, 11) is 0. The Morgan fingerprint density at radius 1 is 1.18 bits per heavy atom. The molecule has 0 aliphatic heterocycles. The van der Waals surface area contributed by atoms with Gasteiger partial charge in [-0.2, -0.15) is 0 Å². The van der Waals surface area contributed by atoms with Crippen molar-refractivity contribution in [1.29, 1.82) is 0 Å². The largest absolute Gasteiger partial charge is 0.453 e. The van der Waals surface area contributed by atoms with Crippen molar-refractivity contribution >= 4 is 5.97 Å². The lowest BCUT2D eigenvalue weighted by Crippen LogP contribution is -2.15. The van der Waals surface area contributed by atoms with E-state index in [1.165, 1.54) is 0 Å². The summed E-state index contributed by atoms with van der Waals surface area (Å²) in [4.78, 5) is 11.7. The number of ether oxygens (including phenoxy) is 1. The molecule has 1 aromatic carbocycles. The van der Waals surface area contributed by atoms with E-state index in [0.29, 0.717) is 0 Å². The Bertz CT molecular complexity index is 387. The van der Waals surface area contributed by atoms with Crippen molar-refractivity contribution in [3.63, 3.8) is 0 Å². The molecule has 2 nitrogen and oxygen atoms in total. The second-order valence-corrected chi connectivity index (χ2v) is 4.67. The lowest BCUT2D eigenvalue weighted by molar-refractivity contribution is -0.151. The molecule has 0 saturated heterocycles. The first-order chi connectivity index (χ1) is 8.00. The van der Waals surface area contributed by atoms with Gasteiger partial charge in [0.25, 0.3) is 0 Å². The summed E-state index contributed by atoms with van der Waals surface area (Å²) in [5.41, 5.74) is 2.14. The predicted octanol–water partition coefficient (Wildman–Crippen LogP) is 3.89. The van der Waals surface area contributed by atoms with E-state index in [4.69, 9.17) is 4.74 Å². The van der Waals surface area contributed by atoms with E-state index in [-0.39, 0.29) is 18.0 Å². The smallest absolute Gasteiger partial charge is 0.309 e. The lowest BCUT2D eigenvalue weighted by atomic mass is 10.1. The van der Waals surface area contributed by atoms with Gasteiger partial charge in [0.1, 0.15) is 6.10 Å².